The van der Waals surface area contributed by atoms with E-state index < -0.39 is 17.2 Å². The van der Waals surface area contributed by atoms with Crippen LogP contribution < -0.4 is 4.90 Å². The summed E-state index contributed by atoms with van der Waals surface area (Å²) in [6, 6.07) is 9.06. The Bertz CT molecular complexity index is 842. The second kappa shape index (κ2) is 4.91. The van der Waals surface area contributed by atoms with Gasteiger partial charge >= 0.3 is 5.97 Å². The fraction of sp³-hybridized carbons (Fsp3) is 0.222. The van der Waals surface area contributed by atoms with Gasteiger partial charge in [-0.3, -0.25) is 9.69 Å². The van der Waals surface area contributed by atoms with E-state index in [1.165, 1.54) is 23.1 Å². The molecule has 2 aromatic carbocycles. The van der Waals surface area contributed by atoms with Gasteiger partial charge in [-0.2, -0.15) is 0 Å². The Kier molecular flexibility index (Phi) is 3.25. The molecule has 2 aromatic rings. The number of hydrogen-bond donors (Lipinski definition) is 1. The highest BCUT2D eigenvalue weighted by Gasteiger charge is 2.45. The zero-order valence-corrected chi connectivity index (χ0v) is 13.1. The van der Waals surface area contributed by atoms with E-state index in [-0.39, 0.29) is 17.2 Å². The van der Waals surface area contributed by atoms with Crippen LogP contribution in [-0.4, -0.2) is 17.0 Å². The standard InChI is InChI=1S/C18H16FNO3/c1-10-4-6-13(19)15(8-10)20-14-7-5-11(16(21)22)9-12(14)18(2,3)17(20)23/h4-9H,1-3H3,(H,21,22). The molecule has 0 saturated heterocycles. The van der Waals surface area contributed by atoms with Crippen molar-refractivity contribution < 1.29 is 19.1 Å². The summed E-state index contributed by atoms with van der Waals surface area (Å²) in [5.74, 6) is -1.83. The zero-order valence-electron chi connectivity index (χ0n) is 13.1. The first-order chi connectivity index (χ1) is 10.7. The Balaban J connectivity index is 2.25. The molecule has 0 spiro atoms. The molecule has 4 nitrogen and oxygen atoms in total. The van der Waals surface area contributed by atoms with Crippen molar-refractivity contribution in [1.29, 1.82) is 0 Å². The number of benzene rings is 2. The molecule has 1 aliphatic rings. The average molecular weight is 313 g/mol. The number of rotatable bonds is 2. The number of anilines is 2. The molecule has 0 bridgehead atoms. The van der Waals surface area contributed by atoms with Gasteiger partial charge in [-0.05, 0) is 62.2 Å². The third-order valence-electron chi connectivity index (χ3n) is 4.24. The van der Waals surface area contributed by atoms with Gasteiger partial charge in [0.1, 0.15) is 5.82 Å². The minimum atomic E-state index is -1.06. The third kappa shape index (κ3) is 2.20. The zero-order chi connectivity index (χ0) is 16.9. The molecule has 0 aliphatic carbocycles. The maximum Gasteiger partial charge on any atom is 0.335 e. The molecule has 0 aromatic heterocycles. The van der Waals surface area contributed by atoms with Gasteiger partial charge in [-0.25, -0.2) is 9.18 Å². The van der Waals surface area contributed by atoms with E-state index in [0.717, 1.165) is 5.56 Å². The molecular formula is C18H16FNO3. The first kappa shape index (κ1) is 15.2. The van der Waals surface area contributed by atoms with Crippen LogP contribution in [0.1, 0.15) is 35.3 Å². The molecule has 23 heavy (non-hydrogen) atoms. The van der Waals surface area contributed by atoms with Gasteiger partial charge in [0.2, 0.25) is 5.91 Å². The molecule has 3 rings (SSSR count). The number of aryl methyl sites for hydroxylation is 1. The normalized spacial score (nSPS) is 15.7. The summed E-state index contributed by atoms with van der Waals surface area (Å²) in [6.07, 6.45) is 0. The maximum atomic E-state index is 14.3. The van der Waals surface area contributed by atoms with Crippen molar-refractivity contribution in [2.75, 3.05) is 4.90 Å². The van der Waals surface area contributed by atoms with Crippen molar-refractivity contribution in [2.45, 2.75) is 26.2 Å². The summed E-state index contributed by atoms with van der Waals surface area (Å²) in [7, 11) is 0. The summed E-state index contributed by atoms with van der Waals surface area (Å²) < 4.78 is 14.3. The minimum Gasteiger partial charge on any atom is -0.478 e. The van der Waals surface area contributed by atoms with Crippen molar-refractivity contribution >= 4 is 23.3 Å². The van der Waals surface area contributed by atoms with E-state index in [4.69, 9.17) is 5.11 Å². The predicted octanol–water partition coefficient (Wildman–Crippen LogP) is 3.79. The van der Waals surface area contributed by atoms with Crippen LogP contribution in [0.15, 0.2) is 36.4 Å². The third-order valence-corrected chi connectivity index (χ3v) is 4.24. The molecule has 0 saturated carbocycles. The van der Waals surface area contributed by atoms with Crippen LogP contribution in [0.25, 0.3) is 0 Å². The Labute approximate surface area is 133 Å². The van der Waals surface area contributed by atoms with Gasteiger partial charge in [-0.1, -0.05) is 6.07 Å². The molecule has 0 unspecified atom stereocenters. The van der Waals surface area contributed by atoms with Crippen LogP contribution in [-0.2, 0) is 10.2 Å². The lowest BCUT2D eigenvalue weighted by Crippen LogP contribution is -2.33. The van der Waals surface area contributed by atoms with Crippen LogP contribution in [0.3, 0.4) is 0 Å². The van der Waals surface area contributed by atoms with Gasteiger partial charge in [0, 0.05) is 0 Å². The number of carboxylic acids is 1. The van der Waals surface area contributed by atoms with E-state index >= 15 is 0 Å². The highest BCUT2D eigenvalue weighted by molar-refractivity contribution is 6.13. The number of carbonyl (C=O) groups is 2. The first-order valence-electron chi connectivity index (χ1n) is 7.22. The fourth-order valence-electron chi connectivity index (χ4n) is 2.90. The number of aromatic carboxylic acids is 1. The number of hydrogen-bond acceptors (Lipinski definition) is 2. The van der Waals surface area contributed by atoms with Crippen LogP contribution in [0.5, 0.6) is 0 Å². The van der Waals surface area contributed by atoms with E-state index in [1.54, 1.807) is 32.0 Å². The van der Waals surface area contributed by atoms with Gasteiger partial charge in [0.15, 0.2) is 0 Å². The average Bonchev–Trinajstić information content (AvgIpc) is 2.69. The largest absolute Gasteiger partial charge is 0.478 e. The number of carbonyl (C=O) groups excluding carboxylic acids is 1. The number of amides is 1. The van der Waals surface area contributed by atoms with Crippen LogP contribution >= 0.6 is 0 Å². The first-order valence-corrected chi connectivity index (χ1v) is 7.22. The van der Waals surface area contributed by atoms with Crippen molar-refractivity contribution in [2.24, 2.45) is 0 Å². The Hall–Kier alpha value is -2.69. The van der Waals surface area contributed by atoms with Crippen molar-refractivity contribution in [3.8, 4) is 0 Å². The van der Waals surface area contributed by atoms with Crippen molar-refractivity contribution in [3.63, 3.8) is 0 Å². The summed E-state index contributed by atoms with van der Waals surface area (Å²) in [5, 5.41) is 9.16. The smallest absolute Gasteiger partial charge is 0.335 e. The molecule has 1 heterocycles. The molecule has 1 aliphatic heterocycles. The lowest BCUT2D eigenvalue weighted by Gasteiger charge is -2.21. The SMILES string of the molecule is Cc1ccc(F)c(N2C(=O)C(C)(C)c3cc(C(=O)O)ccc32)c1. The lowest BCUT2D eigenvalue weighted by atomic mass is 9.85. The topological polar surface area (TPSA) is 57.6 Å². The van der Waals surface area contributed by atoms with Gasteiger partial charge < -0.3 is 5.11 Å². The lowest BCUT2D eigenvalue weighted by molar-refractivity contribution is -0.121. The number of halogens is 1. The molecule has 0 atom stereocenters. The molecule has 1 amide bonds. The number of carboxylic acid groups (broad SMARTS) is 1. The molecule has 5 heteroatoms. The molecule has 118 valence electrons. The predicted molar refractivity (Wildman–Crippen MR) is 84.7 cm³/mol. The quantitative estimate of drug-likeness (QED) is 0.917. The van der Waals surface area contributed by atoms with Crippen LogP contribution in [0.2, 0.25) is 0 Å². The van der Waals surface area contributed by atoms with Crippen molar-refractivity contribution in [1.82, 2.24) is 0 Å². The highest BCUT2D eigenvalue weighted by Crippen LogP contribution is 2.46. The summed E-state index contributed by atoms with van der Waals surface area (Å²) in [6.45, 7) is 5.25. The number of fused-ring (bicyclic) bond motifs is 1. The van der Waals surface area contributed by atoms with E-state index in [0.29, 0.717) is 11.3 Å². The fourth-order valence-corrected chi connectivity index (χ4v) is 2.90. The van der Waals surface area contributed by atoms with Gasteiger partial charge in [0.25, 0.3) is 0 Å². The monoisotopic (exact) mass is 313 g/mol. The highest BCUT2D eigenvalue weighted by atomic mass is 19.1. The molecule has 1 N–H and O–H groups in total. The van der Waals surface area contributed by atoms with Crippen molar-refractivity contribution in [3.05, 3.63) is 58.9 Å². The molecule has 0 radical (unpaired) electrons. The summed E-state index contributed by atoms with van der Waals surface area (Å²) in [4.78, 5) is 25.4. The maximum absolute atomic E-state index is 14.3. The molecule has 0 fully saturated rings. The van der Waals surface area contributed by atoms with E-state index in [9.17, 15) is 14.0 Å². The van der Waals surface area contributed by atoms with E-state index in [1.807, 2.05) is 6.92 Å². The second-order valence-corrected chi connectivity index (χ2v) is 6.26. The molecular weight excluding hydrogens is 297 g/mol. The van der Waals surface area contributed by atoms with Gasteiger partial charge in [0.05, 0.1) is 22.4 Å². The Morgan fingerprint density at radius 1 is 1.13 bits per heavy atom. The van der Waals surface area contributed by atoms with Crippen LogP contribution in [0, 0.1) is 12.7 Å². The van der Waals surface area contributed by atoms with Gasteiger partial charge in [-0.15, -0.1) is 0 Å². The minimum absolute atomic E-state index is 0.108. The summed E-state index contributed by atoms with van der Waals surface area (Å²) in [5.41, 5.74) is 1.32. The second-order valence-electron chi connectivity index (χ2n) is 6.26. The van der Waals surface area contributed by atoms with Crippen LogP contribution in [0.4, 0.5) is 15.8 Å². The number of nitrogens with zero attached hydrogens (tertiary/aromatic N) is 1. The Morgan fingerprint density at radius 2 is 1.83 bits per heavy atom. The Morgan fingerprint density at radius 3 is 2.48 bits per heavy atom. The summed E-state index contributed by atoms with van der Waals surface area (Å²) >= 11 is 0. The van der Waals surface area contributed by atoms with E-state index in [2.05, 4.69) is 0 Å².